The minimum atomic E-state index is -0.257. The van der Waals surface area contributed by atoms with Gasteiger partial charge in [-0.25, -0.2) is 0 Å². The molecular weight excluding hydrogens is 407 g/mol. The quantitative estimate of drug-likeness (QED) is 0.561. The van der Waals surface area contributed by atoms with Crippen LogP contribution >= 0.6 is 0 Å². The van der Waals surface area contributed by atoms with Gasteiger partial charge in [0.05, 0.1) is 25.0 Å². The van der Waals surface area contributed by atoms with E-state index in [0.29, 0.717) is 36.0 Å². The maximum absolute atomic E-state index is 12.4. The molecule has 0 aliphatic carbocycles. The van der Waals surface area contributed by atoms with Gasteiger partial charge in [-0.2, -0.15) is 0 Å². The first-order chi connectivity index (χ1) is 11.6. The Morgan fingerprint density at radius 2 is 1.65 bits per heavy atom. The van der Waals surface area contributed by atoms with Crippen molar-refractivity contribution in [3.63, 3.8) is 0 Å². The van der Waals surface area contributed by atoms with Crippen molar-refractivity contribution in [1.29, 1.82) is 5.39 Å². The maximum Gasteiger partial charge on any atom is 0.430 e. The van der Waals surface area contributed by atoms with Crippen molar-refractivity contribution >= 4 is 17.3 Å². The molecule has 2 aromatic rings. The summed E-state index contributed by atoms with van der Waals surface area (Å²) >= 11 is 0. The van der Waals surface area contributed by atoms with Crippen molar-refractivity contribution < 1.29 is 46.2 Å². The second-order valence-corrected chi connectivity index (χ2v) is 5.10. The van der Waals surface area contributed by atoms with Crippen LogP contribution in [0.2, 0.25) is 0 Å². The van der Waals surface area contributed by atoms with Gasteiger partial charge in [0.1, 0.15) is 0 Å². The van der Waals surface area contributed by atoms with Crippen LogP contribution in [-0.2, 0) is 19.5 Å². The van der Waals surface area contributed by atoms with Crippen LogP contribution in [0.25, 0.3) is 4.98 Å². The van der Waals surface area contributed by atoms with Crippen LogP contribution in [0.1, 0.15) is 29.8 Å². The zero-order valence-corrected chi connectivity index (χ0v) is 18.8. The molecule has 0 fully saturated rings. The van der Waals surface area contributed by atoms with Crippen molar-refractivity contribution in [3.05, 3.63) is 52.5 Å². The Morgan fingerprint density at radius 1 is 1.08 bits per heavy atom. The molecule has 0 aliphatic rings. The third-order valence-electron chi connectivity index (χ3n) is 3.33. The number of amides is 1. The number of diazo groups is 1. The van der Waals surface area contributed by atoms with Gasteiger partial charge in [-0.05, 0) is 32.9 Å². The first kappa shape index (κ1) is 23.8. The summed E-state index contributed by atoms with van der Waals surface area (Å²) in [6.07, 6.45) is 0. The van der Waals surface area contributed by atoms with Crippen LogP contribution in [0.5, 0.6) is 11.5 Å². The van der Waals surface area contributed by atoms with Crippen molar-refractivity contribution in [2.45, 2.75) is 20.8 Å². The summed E-state index contributed by atoms with van der Waals surface area (Å²) in [5.41, 5.74) is 2.32. The molecule has 0 radical (unpaired) electrons. The number of hydrogen-bond donors (Lipinski definition) is 1. The molecule has 1 amide bonds. The van der Waals surface area contributed by atoms with E-state index in [9.17, 15) is 4.79 Å². The largest absolute Gasteiger partial charge is 1.00 e. The molecule has 8 heteroatoms. The van der Waals surface area contributed by atoms with Crippen LogP contribution in [-0.4, -0.2) is 19.1 Å². The molecule has 0 aromatic heterocycles. The smallest absolute Gasteiger partial charge is 0.430 e. The number of nitrogens with zero attached hydrogens (tertiary/aromatic N) is 2. The molecular formula is C18H20ClN3O3Zn. The standard InChI is InChI=1S/C18H19N3O3.ClH.Zn/c1-4-23-16-11-15(21-19)17(24-5-2)10-14(16)20-18(22)13-8-6-12(3)7-9-13;;/h6-11H,4-5H2,1-3H3;1H;. The van der Waals surface area contributed by atoms with Gasteiger partial charge in [-0.3, -0.25) is 4.79 Å². The van der Waals surface area contributed by atoms with Gasteiger partial charge in [0.2, 0.25) is 11.1 Å². The van der Waals surface area contributed by atoms with Crippen molar-refractivity contribution in [2.75, 3.05) is 18.5 Å². The SMILES string of the molecule is CCOc1cc(NC(=O)c2ccc(C)cc2)c(OCC)cc1[N+]#N.[Cl-].[Zn]. The topological polar surface area (TPSA) is 75.7 Å². The van der Waals surface area contributed by atoms with Gasteiger partial charge in [-0.1, -0.05) is 17.7 Å². The summed E-state index contributed by atoms with van der Waals surface area (Å²) < 4.78 is 11.0. The van der Waals surface area contributed by atoms with E-state index in [2.05, 4.69) is 10.3 Å². The average molecular weight is 427 g/mol. The van der Waals surface area contributed by atoms with E-state index in [-0.39, 0.29) is 43.5 Å². The molecule has 2 aromatic carbocycles. The first-order valence-electron chi connectivity index (χ1n) is 7.75. The van der Waals surface area contributed by atoms with Crippen molar-refractivity contribution in [1.82, 2.24) is 0 Å². The van der Waals surface area contributed by atoms with Crippen LogP contribution in [0.4, 0.5) is 11.4 Å². The number of anilines is 1. The van der Waals surface area contributed by atoms with E-state index < -0.39 is 0 Å². The molecule has 0 bridgehead atoms. The second-order valence-electron chi connectivity index (χ2n) is 5.10. The number of rotatable bonds is 6. The molecule has 0 atom stereocenters. The normalized spacial score (nSPS) is 9.15. The van der Waals surface area contributed by atoms with Gasteiger partial charge in [0, 0.05) is 31.1 Å². The predicted octanol–water partition coefficient (Wildman–Crippen LogP) is 1.53. The maximum atomic E-state index is 12.4. The van der Waals surface area contributed by atoms with E-state index in [1.165, 1.54) is 6.07 Å². The van der Waals surface area contributed by atoms with E-state index in [1.807, 2.05) is 32.9 Å². The number of aryl methyl sites for hydroxylation is 1. The molecule has 0 saturated heterocycles. The monoisotopic (exact) mass is 425 g/mol. The second kappa shape index (κ2) is 11.5. The summed E-state index contributed by atoms with van der Waals surface area (Å²) in [6, 6.07) is 10.4. The van der Waals surface area contributed by atoms with E-state index in [4.69, 9.17) is 14.9 Å². The molecule has 1 N–H and O–H groups in total. The Balaban J connectivity index is 0.00000312. The summed E-state index contributed by atoms with van der Waals surface area (Å²) in [5.74, 6) is 0.518. The fraction of sp³-hybridized carbons (Fsp3) is 0.278. The molecule has 26 heavy (non-hydrogen) atoms. The summed E-state index contributed by atoms with van der Waals surface area (Å²) in [4.78, 5) is 15.6. The Hall–Kier alpha value is -2.16. The summed E-state index contributed by atoms with van der Waals surface area (Å²) in [7, 11) is 0. The van der Waals surface area contributed by atoms with Crippen LogP contribution in [0.15, 0.2) is 36.4 Å². The molecule has 0 saturated carbocycles. The van der Waals surface area contributed by atoms with Gasteiger partial charge >= 0.3 is 5.69 Å². The summed E-state index contributed by atoms with van der Waals surface area (Å²) in [5, 5.41) is 11.9. The molecule has 134 valence electrons. The molecule has 0 aliphatic heterocycles. The fourth-order valence-corrected chi connectivity index (χ4v) is 2.17. The molecule has 0 spiro atoms. The number of carbonyl (C=O) groups excluding carboxylic acids is 1. The predicted molar refractivity (Wildman–Crippen MR) is 92.7 cm³/mol. The molecule has 6 nitrogen and oxygen atoms in total. The van der Waals surface area contributed by atoms with Crippen molar-refractivity contribution in [2.24, 2.45) is 0 Å². The number of ether oxygens (including phenoxy) is 2. The Bertz CT molecular complexity index is 776. The van der Waals surface area contributed by atoms with Gasteiger partial charge in [-0.15, -0.1) is 0 Å². The molecule has 0 heterocycles. The zero-order chi connectivity index (χ0) is 17.5. The molecule has 2 rings (SSSR count). The van der Waals surface area contributed by atoms with E-state index in [1.54, 1.807) is 18.2 Å². The van der Waals surface area contributed by atoms with Gasteiger partial charge in [0.15, 0.2) is 10.7 Å². The zero-order valence-electron chi connectivity index (χ0n) is 15.1. The number of halogens is 1. The Morgan fingerprint density at radius 3 is 2.19 bits per heavy atom. The number of benzene rings is 2. The molecule has 0 unspecified atom stereocenters. The van der Waals surface area contributed by atoms with Gasteiger partial charge in [0.25, 0.3) is 5.91 Å². The fourth-order valence-electron chi connectivity index (χ4n) is 2.17. The Labute approximate surface area is 172 Å². The van der Waals surface area contributed by atoms with Crippen LogP contribution in [0.3, 0.4) is 0 Å². The number of carbonyl (C=O) groups is 1. The summed E-state index contributed by atoms with van der Waals surface area (Å²) in [6.45, 7) is 6.43. The van der Waals surface area contributed by atoms with Crippen LogP contribution in [0, 0.1) is 12.3 Å². The number of nitrogens with one attached hydrogen (secondary N) is 1. The first-order valence-corrected chi connectivity index (χ1v) is 7.75. The van der Waals surface area contributed by atoms with E-state index in [0.717, 1.165) is 5.56 Å². The minimum absolute atomic E-state index is 0. The Kier molecular flexibility index (Phi) is 10.5. The third kappa shape index (κ3) is 5.98. The van der Waals surface area contributed by atoms with E-state index >= 15 is 0 Å². The number of hydrogen-bond acceptors (Lipinski definition) is 4. The van der Waals surface area contributed by atoms with Crippen molar-refractivity contribution in [3.8, 4) is 11.5 Å². The minimum Gasteiger partial charge on any atom is -1.00 e. The average Bonchev–Trinajstić information content (AvgIpc) is 2.58. The van der Waals surface area contributed by atoms with Gasteiger partial charge < -0.3 is 27.2 Å². The van der Waals surface area contributed by atoms with Crippen LogP contribution < -0.4 is 27.2 Å². The third-order valence-corrected chi connectivity index (χ3v) is 3.33.